The van der Waals surface area contributed by atoms with E-state index in [-0.39, 0.29) is 12.3 Å². The molecule has 0 saturated heterocycles. The van der Waals surface area contributed by atoms with Crippen LogP contribution in [0, 0.1) is 6.92 Å². The molecule has 1 aromatic carbocycles. The van der Waals surface area contributed by atoms with E-state index in [4.69, 9.17) is 9.47 Å². The molecule has 3 nitrogen and oxygen atoms in total. The van der Waals surface area contributed by atoms with Crippen LogP contribution in [0.3, 0.4) is 0 Å². The van der Waals surface area contributed by atoms with Gasteiger partial charge in [0.1, 0.15) is 0 Å². The van der Waals surface area contributed by atoms with Gasteiger partial charge in [0.2, 0.25) is 0 Å². The molecule has 0 amide bonds. The number of hydrogen-bond donors (Lipinski definition) is 1. The summed E-state index contributed by atoms with van der Waals surface area (Å²) in [6.45, 7) is 5.12. The molecule has 1 unspecified atom stereocenters. The Balaban J connectivity index is 2.75. The molecule has 3 heteroatoms. The zero-order chi connectivity index (χ0) is 12.7. The van der Waals surface area contributed by atoms with E-state index in [1.807, 2.05) is 0 Å². The Hall–Kier alpha value is -0.900. The van der Waals surface area contributed by atoms with Gasteiger partial charge in [-0.1, -0.05) is 31.2 Å². The summed E-state index contributed by atoms with van der Waals surface area (Å²) < 4.78 is 10.7. The summed E-state index contributed by atoms with van der Waals surface area (Å²) in [6, 6.07) is 8.59. The van der Waals surface area contributed by atoms with Crippen LogP contribution in [0.2, 0.25) is 0 Å². The Bertz CT molecular complexity index is 324. The first kappa shape index (κ1) is 14.2. The molecular weight excluding hydrogens is 214 g/mol. The standard InChI is InChI=1S/C14H23NO2/c1-5-15-13(14(16-3)17-4)10-12-9-7-6-8-11(12)2/h6-9,13-15H,5,10H2,1-4H3. The van der Waals surface area contributed by atoms with Crippen molar-refractivity contribution in [2.45, 2.75) is 32.6 Å². The number of likely N-dealkylation sites (N-methyl/N-ethyl adjacent to an activating group) is 1. The van der Waals surface area contributed by atoms with Crippen LogP contribution >= 0.6 is 0 Å². The maximum atomic E-state index is 5.34. The lowest BCUT2D eigenvalue weighted by atomic mass is 10.0. The summed E-state index contributed by atoms with van der Waals surface area (Å²) in [5.41, 5.74) is 2.64. The van der Waals surface area contributed by atoms with Crippen molar-refractivity contribution in [3.05, 3.63) is 35.4 Å². The van der Waals surface area contributed by atoms with Crippen LogP contribution in [0.15, 0.2) is 24.3 Å². The number of hydrogen-bond acceptors (Lipinski definition) is 3. The van der Waals surface area contributed by atoms with Gasteiger partial charge in [-0.3, -0.25) is 0 Å². The highest BCUT2D eigenvalue weighted by molar-refractivity contribution is 5.26. The molecule has 0 saturated carbocycles. The SMILES string of the molecule is CCNC(Cc1ccccc1C)C(OC)OC. The molecule has 1 rings (SSSR count). The van der Waals surface area contributed by atoms with Crippen molar-refractivity contribution in [3.63, 3.8) is 0 Å². The first-order chi connectivity index (χ1) is 8.22. The Labute approximate surface area is 104 Å². The fourth-order valence-corrected chi connectivity index (χ4v) is 2.03. The quantitative estimate of drug-likeness (QED) is 0.737. The van der Waals surface area contributed by atoms with Gasteiger partial charge in [-0.2, -0.15) is 0 Å². The van der Waals surface area contributed by atoms with Gasteiger partial charge in [-0.25, -0.2) is 0 Å². The number of methoxy groups -OCH3 is 2. The highest BCUT2D eigenvalue weighted by Crippen LogP contribution is 2.13. The predicted octanol–water partition coefficient (Wildman–Crippen LogP) is 2.13. The minimum absolute atomic E-state index is 0.177. The lowest BCUT2D eigenvalue weighted by Crippen LogP contribution is -2.43. The van der Waals surface area contributed by atoms with Crippen molar-refractivity contribution in [2.24, 2.45) is 0 Å². The molecule has 1 N–H and O–H groups in total. The topological polar surface area (TPSA) is 30.5 Å². The second-order valence-corrected chi connectivity index (χ2v) is 4.13. The third kappa shape index (κ3) is 4.11. The highest BCUT2D eigenvalue weighted by Gasteiger charge is 2.20. The highest BCUT2D eigenvalue weighted by atomic mass is 16.7. The second-order valence-electron chi connectivity index (χ2n) is 4.13. The van der Waals surface area contributed by atoms with Crippen molar-refractivity contribution >= 4 is 0 Å². The van der Waals surface area contributed by atoms with Gasteiger partial charge in [0, 0.05) is 14.2 Å². The minimum atomic E-state index is -0.213. The lowest BCUT2D eigenvalue weighted by Gasteiger charge is -2.26. The molecule has 0 radical (unpaired) electrons. The summed E-state index contributed by atoms with van der Waals surface area (Å²) in [6.07, 6.45) is 0.696. The van der Waals surface area contributed by atoms with E-state index in [0.717, 1.165) is 13.0 Å². The third-order valence-electron chi connectivity index (χ3n) is 2.96. The molecule has 96 valence electrons. The van der Waals surface area contributed by atoms with E-state index in [1.165, 1.54) is 11.1 Å². The zero-order valence-electron chi connectivity index (χ0n) is 11.2. The molecule has 0 aliphatic rings. The number of benzene rings is 1. The molecule has 0 aliphatic heterocycles. The molecule has 0 heterocycles. The van der Waals surface area contributed by atoms with Crippen LogP contribution in [0.1, 0.15) is 18.1 Å². The number of rotatable bonds is 7. The molecule has 0 fully saturated rings. The van der Waals surface area contributed by atoms with E-state index < -0.39 is 0 Å². The third-order valence-corrected chi connectivity index (χ3v) is 2.96. The lowest BCUT2D eigenvalue weighted by molar-refractivity contribution is -0.122. The second kappa shape index (κ2) is 7.43. The average molecular weight is 237 g/mol. The Kier molecular flexibility index (Phi) is 6.19. The van der Waals surface area contributed by atoms with E-state index >= 15 is 0 Å². The molecule has 1 atom stereocenters. The Morgan fingerprint density at radius 2 is 1.82 bits per heavy atom. The van der Waals surface area contributed by atoms with Gasteiger partial charge >= 0.3 is 0 Å². The van der Waals surface area contributed by atoms with Crippen LogP contribution in [0.4, 0.5) is 0 Å². The number of ether oxygens (including phenoxy) is 2. The maximum absolute atomic E-state index is 5.34. The monoisotopic (exact) mass is 237 g/mol. The molecule has 0 spiro atoms. The van der Waals surface area contributed by atoms with Crippen molar-refractivity contribution in [2.75, 3.05) is 20.8 Å². The molecule has 1 aromatic rings. The number of aryl methyl sites for hydroxylation is 1. The van der Waals surface area contributed by atoms with Gasteiger partial charge in [0.15, 0.2) is 6.29 Å². The summed E-state index contributed by atoms with van der Waals surface area (Å²) >= 11 is 0. The number of nitrogens with one attached hydrogen (secondary N) is 1. The molecular formula is C14H23NO2. The van der Waals surface area contributed by atoms with E-state index in [1.54, 1.807) is 14.2 Å². The van der Waals surface area contributed by atoms with Crippen LogP contribution in [0.5, 0.6) is 0 Å². The van der Waals surface area contributed by atoms with Crippen LogP contribution in [0.25, 0.3) is 0 Å². The van der Waals surface area contributed by atoms with E-state index in [9.17, 15) is 0 Å². The first-order valence-electron chi connectivity index (χ1n) is 6.06. The summed E-state index contributed by atoms with van der Waals surface area (Å²) in [5.74, 6) is 0. The average Bonchev–Trinajstić information content (AvgIpc) is 2.34. The molecule has 0 aliphatic carbocycles. The smallest absolute Gasteiger partial charge is 0.172 e. The van der Waals surface area contributed by atoms with Crippen LogP contribution in [-0.2, 0) is 15.9 Å². The maximum Gasteiger partial charge on any atom is 0.172 e. The van der Waals surface area contributed by atoms with Gasteiger partial charge in [0.05, 0.1) is 6.04 Å². The van der Waals surface area contributed by atoms with Crippen molar-refractivity contribution in [1.29, 1.82) is 0 Å². The zero-order valence-corrected chi connectivity index (χ0v) is 11.2. The largest absolute Gasteiger partial charge is 0.354 e. The minimum Gasteiger partial charge on any atom is -0.354 e. The van der Waals surface area contributed by atoms with E-state index in [0.29, 0.717) is 0 Å². The Morgan fingerprint density at radius 3 is 2.35 bits per heavy atom. The fourth-order valence-electron chi connectivity index (χ4n) is 2.03. The predicted molar refractivity (Wildman–Crippen MR) is 70.2 cm³/mol. The fraction of sp³-hybridized carbons (Fsp3) is 0.571. The van der Waals surface area contributed by atoms with Gasteiger partial charge < -0.3 is 14.8 Å². The van der Waals surface area contributed by atoms with Gasteiger partial charge in [-0.15, -0.1) is 0 Å². The van der Waals surface area contributed by atoms with Gasteiger partial charge in [0.25, 0.3) is 0 Å². The Morgan fingerprint density at radius 1 is 1.18 bits per heavy atom. The van der Waals surface area contributed by atoms with Crippen LogP contribution in [-0.4, -0.2) is 33.1 Å². The normalized spacial score (nSPS) is 13.0. The van der Waals surface area contributed by atoms with Crippen molar-refractivity contribution in [1.82, 2.24) is 5.32 Å². The van der Waals surface area contributed by atoms with Crippen molar-refractivity contribution < 1.29 is 9.47 Å². The molecule has 0 aromatic heterocycles. The van der Waals surface area contributed by atoms with Gasteiger partial charge in [-0.05, 0) is 31.0 Å². The summed E-state index contributed by atoms with van der Waals surface area (Å²) in [5, 5.41) is 3.41. The first-order valence-corrected chi connectivity index (χ1v) is 6.06. The van der Waals surface area contributed by atoms with E-state index in [2.05, 4.69) is 43.4 Å². The van der Waals surface area contributed by atoms with Crippen molar-refractivity contribution in [3.8, 4) is 0 Å². The molecule has 17 heavy (non-hydrogen) atoms. The van der Waals surface area contributed by atoms with Crippen LogP contribution < -0.4 is 5.32 Å². The molecule has 0 bridgehead atoms. The summed E-state index contributed by atoms with van der Waals surface area (Å²) in [4.78, 5) is 0. The summed E-state index contributed by atoms with van der Waals surface area (Å²) in [7, 11) is 3.35.